The van der Waals surface area contributed by atoms with Crippen molar-refractivity contribution in [3.05, 3.63) is 78.0 Å². The largest absolute Gasteiger partial charge is 0.503 e. The molecule has 0 spiro atoms. The molecule has 1 N–H and O–H groups in total. The highest BCUT2D eigenvalue weighted by Gasteiger charge is 2.45. The van der Waals surface area contributed by atoms with Gasteiger partial charge in [-0.2, -0.15) is 0 Å². The number of rotatable bonds is 4. The lowest BCUT2D eigenvalue weighted by Crippen LogP contribution is -2.30. The normalized spacial score (nSPS) is 16.9. The molecule has 3 aromatic rings. The molecule has 1 atom stereocenters. The molecule has 142 valence electrons. The molecule has 0 aliphatic carbocycles. The highest BCUT2D eigenvalue weighted by molar-refractivity contribution is 9.10. The van der Waals surface area contributed by atoms with E-state index in [1.54, 1.807) is 19.1 Å². The second-order valence-electron chi connectivity index (χ2n) is 6.31. The van der Waals surface area contributed by atoms with Gasteiger partial charge in [0.05, 0.1) is 21.2 Å². The van der Waals surface area contributed by atoms with Crippen molar-refractivity contribution in [2.45, 2.75) is 19.9 Å². The summed E-state index contributed by atoms with van der Waals surface area (Å²) >= 11 is 6.13. The number of anilines is 1. The lowest BCUT2D eigenvalue weighted by atomic mass is 10.00. The van der Waals surface area contributed by atoms with Crippen LogP contribution in [0.15, 0.2) is 57.6 Å². The first kappa shape index (κ1) is 19.0. The topological polar surface area (TPSA) is 70.5 Å². The van der Waals surface area contributed by atoms with E-state index in [1.165, 1.54) is 27.6 Å². The summed E-state index contributed by atoms with van der Waals surface area (Å²) in [7, 11) is 0. The summed E-state index contributed by atoms with van der Waals surface area (Å²) in [5, 5.41) is 13.4. The smallest absolute Gasteiger partial charge is 0.294 e. The maximum atomic E-state index is 13.4. The lowest BCUT2D eigenvalue weighted by Gasteiger charge is -2.25. The quantitative estimate of drug-likeness (QED) is 0.516. The molecule has 0 saturated carbocycles. The molecule has 28 heavy (non-hydrogen) atoms. The van der Waals surface area contributed by atoms with Crippen molar-refractivity contribution in [3.63, 3.8) is 0 Å². The van der Waals surface area contributed by atoms with Crippen molar-refractivity contribution < 1.29 is 14.7 Å². The minimum absolute atomic E-state index is 0.0965. The first-order chi connectivity index (χ1) is 13.4. The molecule has 2 aromatic heterocycles. The van der Waals surface area contributed by atoms with Crippen LogP contribution in [0.4, 0.5) is 5.69 Å². The Kier molecular flexibility index (Phi) is 4.95. The van der Waals surface area contributed by atoms with Gasteiger partial charge in [-0.25, -0.2) is 4.98 Å². The molecular formula is C20H15BrN2O3S2. The number of thiophene rings is 1. The van der Waals surface area contributed by atoms with Gasteiger partial charge in [0.15, 0.2) is 5.76 Å². The number of aryl methyl sites for hydroxylation is 2. The van der Waals surface area contributed by atoms with Crippen LogP contribution in [-0.4, -0.2) is 21.8 Å². The number of hydrogen-bond donors (Lipinski definition) is 1. The number of thiazole rings is 1. The minimum Gasteiger partial charge on any atom is -0.503 e. The molecule has 0 bridgehead atoms. The van der Waals surface area contributed by atoms with Crippen LogP contribution in [0.2, 0.25) is 0 Å². The summed E-state index contributed by atoms with van der Waals surface area (Å²) in [5.41, 5.74) is 1.30. The van der Waals surface area contributed by atoms with E-state index in [0.717, 1.165) is 14.4 Å². The summed E-state index contributed by atoms with van der Waals surface area (Å²) in [4.78, 5) is 33.4. The number of ketones is 1. The lowest BCUT2D eigenvalue weighted by molar-refractivity contribution is -0.117. The molecule has 1 unspecified atom stereocenters. The molecule has 3 heterocycles. The molecule has 0 saturated heterocycles. The van der Waals surface area contributed by atoms with Crippen molar-refractivity contribution in [1.29, 1.82) is 0 Å². The van der Waals surface area contributed by atoms with Gasteiger partial charge in [-0.1, -0.05) is 28.1 Å². The Bertz CT molecular complexity index is 1120. The molecule has 0 fully saturated rings. The molecule has 1 amide bonds. The van der Waals surface area contributed by atoms with Gasteiger partial charge in [0.1, 0.15) is 6.04 Å². The van der Waals surface area contributed by atoms with Crippen LogP contribution in [0.1, 0.15) is 31.3 Å². The van der Waals surface area contributed by atoms with Crippen LogP contribution in [0.5, 0.6) is 0 Å². The summed E-state index contributed by atoms with van der Waals surface area (Å²) in [6.45, 7) is 3.59. The highest BCUT2D eigenvalue weighted by Crippen LogP contribution is 2.44. The third-order valence-corrected chi connectivity index (χ3v) is 6.95. The molecular weight excluding hydrogens is 460 g/mol. The predicted molar refractivity (Wildman–Crippen MR) is 114 cm³/mol. The van der Waals surface area contributed by atoms with Crippen LogP contribution < -0.4 is 4.90 Å². The highest BCUT2D eigenvalue weighted by atomic mass is 79.9. The molecule has 1 aliphatic rings. The SMILES string of the molecule is Cc1nc(C)c(C(=O)C2=C(O)C(=O)N(c3cccc(Br)c3)C2c2cccs2)s1. The van der Waals surface area contributed by atoms with Crippen molar-refractivity contribution in [2.24, 2.45) is 0 Å². The van der Waals surface area contributed by atoms with E-state index >= 15 is 0 Å². The average molecular weight is 475 g/mol. The van der Waals surface area contributed by atoms with Crippen LogP contribution in [0.3, 0.4) is 0 Å². The van der Waals surface area contributed by atoms with Crippen molar-refractivity contribution >= 4 is 56.0 Å². The number of Topliss-reactive ketones (excluding diaryl/α,β-unsaturated/α-hetero) is 1. The third-order valence-electron chi connectivity index (χ3n) is 4.46. The van der Waals surface area contributed by atoms with Crippen molar-refractivity contribution in [1.82, 2.24) is 4.98 Å². The Morgan fingerprint density at radius 1 is 1.25 bits per heavy atom. The summed E-state index contributed by atoms with van der Waals surface area (Å²) in [5.74, 6) is -1.45. The first-order valence-electron chi connectivity index (χ1n) is 8.43. The van der Waals surface area contributed by atoms with E-state index < -0.39 is 17.7 Å². The standard InChI is InChI=1S/C20H15BrN2O3S2/c1-10-19(28-11(2)22-10)17(24)15-16(14-7-4-8-27-14)23(20(26)18(15)25)13-6-3-5-12(21)9-13/h3-9,16,25H,1-2H3. The minimum atomic E-state index is -0.684. The Labute approximate surface area is 178 Å². The zero-order chi connectivity index (χ0) is 20.0. The molecule has 5 nitrogen and oxygen atoms in total. The van der Waals surface area contributed by atoms with Gasteiger partial charge in [-0.3, -0.25) is 14.5 Å². The van der Waals surface area contributed by atoms with Gasteiger partial charge in [-0.05, 0) is 43.5 Å². The number of aliphatic hydroxyl groups excluding tert-OH is 1. The van der Waals surface area contributed by atoms with Crippen molar-refractivity contribution in [2.75, 3.05) is 4.90 Å². The van der Waals surface area contributed by atoms with E-state index in [-0.39, 0.29) is 11.4 Å². The number of carbonyl (C=O) groups is 2. The number of amides is 1. The summed E-state index contributed by atoms with van der Waals surface area (Å²) in [6, 6.07) is 10.3. The fourth-order valence-electron chi connectivity index (χ4n) is 3.31. The Morgan fingerprint density at radius 2 is 2.04 bits per heavy atom. The second-order valence-corrected chi connectivity index (χ2v) is 9.41. The average Bonchev–Trinajstić information content (AvgIpc) is 3.34. The van der Waals surface area contributed by atoms with Gasteiger partial charge in [0.25, 0.3) is 5.91 Å². The van der Waals surface area contributed by atoms with E-state index in [2.05, 4.69) is 20.9 Å². The Balaban J connectivity index is 1.88. The number of carbonyl (C=O) groups excluding carboxylic acids is 2. The van der Waals surface area contributed by atoms with Crippen LogP contribution in [-0.2, 0) is 4.79 Å². The zero-order valence-electron chi connectivity index (χ0n) is 15.0. The number of nitrogens with zero attached hydrogens (tertiary/aromatic N) is 2. The Morgan fingerprint density at radius 3 is 2.64 bits per heavy atom. The summed E-state index contributed by atoms with van der Waals surface area (Å²) in [6.07, 6.45) is 0. The van der Waals surface area contributed by atoms with Gasteiger partial charge >= 0.3 is 0 Å². The fourth-order valence-corrected chi connectivity index (χ4v) is 5.39. The van der Waals surface area contributed by atoms with E-state index in [0.29, 0.717) is 16.3 Å². The molecule has 4 rings (SSSR count). The Hall–Kier alpha value is -2.29. The van der Waals surface area contributed by atoms with Crippen LogP contribution in [0.25, 0.3) is 0 Å². The number of aliphatic hydroxyl groups is 1. The second kappa shape index (κ2) is 7.27. The first-order valence-corrected chi connectivity index (χ1v) is 10.9. The monoisotopic (exact) mass is 474 g/mol. The third kappa shape index (κ3) is 3.11. The van der Waals surface area contributed by atoms with Gasteiger partial charge in [-0.15, -0.1) is 22.7 Å². The molecule has 0 radical (unpaired) electrons. The van der Waals surface area contributed by atoms with E-state index in [9.17, 15) is 14.7 Å². The maximum absolute atomic E-state index is 13.4. The van der Waals surface area contributed by atoms with Crippen molar-refractivity contribution in [3.8, 4) is 0 Å². The number of halogens is 1. The fraction of sp³-hybridized carbons (Fsp3) is 0.150. The van der Waals surface area contributed by atoms with E-state index in [1.807, 2.05) is 36.6 Å². The maximum Gasteiger partial charge on any atom is 0.294 e. The molecule has 8 heteroatoms. The predicted octanol–water partition coefficient (Wildman–Crippen LogP) is 5.37. The number of hydrogen-bond acceptors (Lipinski definition) is 6. The molecule has 1 aromatic carbocycles. The van der Waals surface area contributed by atoms with Crippen LogP contribution in [0, 0.1) is 13.8 Å². The number of benzene rings is 1. The number of aromatic nitrogens is 1. The van der Waals surface area contributed by atoms with Gasteiger partial charge in [0.2, 0.25) is 5.78 Å². The van der Waals surface area contributed by atoms with E-state index in [4.69, 9.17) is 0 Å². The van der Waals surface area contributed by atoms with Gasteiger partial charge < -0.3 is 5.11 Å². The zero-order valence-corrected chi connectivity index (χ0v) is 18.2. The van der Waals surface area contributed by atoms with Gasteiger partial charge in [0, 0.05) is 15.0 Å². The van der Waals surface area contributed by atoms with Crippen LogP contribution >= 0.6 is 38.6 Å². The molecule has 1 aliphatic heterocycles. The summed E-state index contributed by atoms with van der Waals surface area (Å²) < 4.78 is 0.802.